The Bertz CT molecular complexity index is 1040. The fourth-order valence-electron chi connectivity index (χ4n) is 3.26. The molecule has 0 atom stereocenters. The summed E-state index contributed by atoms with van der Waals surface area (Å²) in [5.41, 5.74) is 1.40. The molecule has 2 aromatic rings. The number of nitrogens with one attached hydrogen (secondary N) is 1. The van der Waals surface area contributed by atoms with E-state index in [9.17, 15) is 13.2 Å². The molecule has 0 radical (unpaired) electrons. The lowest BCUT2D eigenvalue weighted by Crippen LogP contribution is -2.29. The summed E-state index contributed by atoms with van der Waals surface area (Å²) in [5, 5.41) is 1.19. The second kappa shape index (κ2) is 11.3. The second-order valence-corrected chi connectivity index (χ2v) is 11.6. The van der Waals surface area contributed by atoms with Crippen molar-refractivity contribution < 1.29 is 13.2 Å². The quantitative estimate of drug-likeness (QED) is 0.366. The number of benzene rings is 2. The highest BCUT2D eigenvalue weighted by atomic mass is 35.5. The molecule has 10 heteroatoms. The van der Waals surface area contributed by atoms with E-state index >= 15 is 0 Å². The Morgan fingerprint density at radius 3 is 2.55 bits per heavy atom. The zero-order valence-electron chi connectivity index (χ0n) is 17.1. The number of likely N-dealkylation sites (tertiary alicyclic amines) is 1. The maximum absolute atomic E-state index is 12.9. The Balaban J connectivity index is 1.60. The molecule has 168 valence electrons. The maximum atomic E-state index is 12.9. The summed E-state index contributed by atoms with van der Waals surface area (Å²) in [5.74, 6) is 1.14. The van der Waals surface area contributed by atoms with Crippen molar-refractivity contribution in [1.82, 2.24) is 9.62 Å². The molecule has 0 saturated carbocycles. The molecule has 1 N–H and O–H groups in total. The van der Waals surface area contributed by atoms with E-state index in [1.54, 1.807) is 40.9 Å². The van der Waals surface area contributed by atoms with Gasteiger partial charge in [0.25, 0.3) is 5.91 Å². The van der Waals surface area contributed by atoms with Crippen molar-refractivity contribution in [2.75, 3.05) is 31.6 Å². The maximum Gasteiger partial charge on any atom is 0.255 e. The van der Waals surface area contributed by atoms with Gasteiger partial charge in [0.1, 0.15) is 0 Å². The summed E-state index contributed by atoms with van der Waals surface area (Å²) in [7, 11) is -3.71. The number of thioether (sulfide) groups is 2. The lowest BCUT2D eigenvalue weighted by Gasteiger charge is -2.18. The van der Waals surface area contributed by atoms with Crippen LogP contribution in [0.1, 0.15) is 28.8 Å². The number of rotatable bonds is 9. The SMILES string of the molecule is CSc1ccc(S(=O)(=O)NCCSCc2ccc(Cl)cc2Cl)cc1C(=O)N1CCCC1. The highest BCUT2D eigenvalue weighted by Gasteiger charge is 2.24. The van der Waals surface area contributed by atoms with Crippen molar-refractivity contribution in [3.8, 4) is 0 Å². The molecule has 31 heavy (non-hydrogen) atoms. The molecule has 0 spiro atoms. The summed E-state index contributed by atoms with van der Waals surface area (Å²) >= 11 is 15.1. The van der Waals surface area contributed by atoms with Crippen LogP contribution in [-0.4, -0.2) is 50.9 Å². The van der Waals surface area contributed by atoms with Crippen molar-refractivity contribution in [2.24, 2.45) is 0 Å². The van der Waals surface area contributed by atoms with Gasteiger partial charge in [0.15, 0.2) is 0 Å². The Morgan fingerprint density at radius 1 is 1.13 bits per heavy atom. The fraction of sp³-hybridized carbons (Fsp3) is 0.381. The van der Waals surface area contributed by atoms with Crippen LogP contribution in [0.3, 0.4) is 0 Å². The minimum atomic E-state index is -3.71. The molecule has 1 saturated heterocycles. The summed E-state index contributed by atoms with van der Waals surface area (Å²) in [4.78, 5) is 15.5. The van der Waals surface area contributed by atoms with Gasteiger partial charge in [-0.25, -0.2) is 13.1 Å². The molecule has 0 aliphatic carbocycles. The lowest BCUT2D eigenvalue weighted by atomic mass is 10.2. The van der Waals surface area contributed by atoms with Crippen molar-refractivity contribution in [3.05, 3.63) is 57.6 Å². The number of nitrogens with zero attached hydrogens (tertiary/aromatic N) is 1. The van der Waals surface area contributed by atoms with Gasteiger partial charge in [0.2, 0.25) is 10.0 Å². The van der Waals surface area contributed by atoms with E-state index in [1.165, 1.54) is 17.8 Å². The Labute approximate surface area is 202 Å². The minimum absolute atomic E-state index is 0.103. The van der Waals surface area contributed by atoms with Gasteiger partial charge < -0.3 is 4.90 Å². The van der Waals surface area contributed by atoms with Crippen LogP contribution in [0.5, 0.6) is 0 Å². The Hall–Kier alpha value is -0.900. The number of amides is 1. The zero-order chi connectivity index (χ0) is 22.4. The van der Waals surface area contributed by atoms with Crippen molar-refractivity contribution >= 4 is 62.7 Å². The molecule has 0 bridgehead atoms. The molecule has 1 fully saturated rings. The van der Waals surface area contributed by atoms with E-state index in [-0.39, 0.29) is 17.3 Å². The minimum Gasteiger partial charge on any atom is -0.339 e. The first-order valence-electron chi connectivity index (χ1n) is 9.80. The third-order valence-corrected chi connectivity index (χ3v) is 8.77. The van der Waals surface area contributed by atoms with Crippen LogP contribution < -0.4 is 4.72 Å². The van der Waals surface area contributed by atoms with Crippen LogP contribution >= 0.6 is 46.7 Å². The molecule has 1 heterocycles. The molecule has 1 aliphatic heterocycles. The molecule has 5 nitrogen and oxygen atoms in total. The van der Waals surface area contributed by atoms with Gasteiger partial charge in [-0.3, -0.25) is 4.79 Å². The highest BCUT2D eigenvalue weighted by Crippen LogP contribution is 2.27. The van der Waals surface area contributed by atoms with Crippen LogP contribution in [0.25, 0.3) is 0 Å². The summed E-state index contributed by atoms with van der Waals surface area (Å²) in [6.07, 6.45) is 3.85. The third-order valence-electron chi connectivity index (χ3n) is 4.92. The summed E-state index contributed by atoms with van der Waals surface area (Å²) in [6.45, 7) is 1.71. The van der Waals surface area contributed by atoms with E-state index < -0.39 is 10.0 Å². The first-order chi connectivity index (χ1) is 14.8. The Kier molecular flexibility index (Phi) is 9.01. The van der Waals surface area contributed by atoms with Crippen LogP contribution in [0.4, 0.5) is 0 Å². The van der Waals surface area contributed by atoms with Crippen molar-refractivity contribution in [2.45, 2.75) is 28.4 Å². The molecule has 1 amide bonds. The van der Waals surface area contributed by atoms with Crippen molar-refractivity contribution in [3.63, 3.8) is 0 Å². The van der Waals surface area contributed by atoms with Gasteiger partial charge >= 0.3 is 0 Å². The van der Waals surface area contributed by atoms with E-state index in [4.69, 9.17) is 23.2 Å². The first-order valence-corrected chi connectivity index (χ1v) is 14.4. The normalized spacial score (nSPS) is 14.2. The van der Waals surface area contributed by atoms with Gasteiger partial charge in [-0.2, -0.15) is 11.8 Å². The highest BCUT2D eigenvalue weighted by molar-refractivity contribution is 7.98. The van der Waals surface area contributed by atoms with E-state index in [0.717, 1.165) is 36.4 Å². The zero-order valence-corrected chi connectivity index (χ0v) is 21.0. The van der Waals surface area contributed by atoms with E-state index in [0.29, 0.717) is 27.1 Å². The third kappa shape index (κ3) is 6.55. The van der Waals surface area contributed by atoms with E-state index in [2.05, 4.69) is 4.72 Å². The number of halogens is 2. The summed E-state index contributed by atoms with van der Waals surface area (Å²) < 4.78 is 28.2. The van der Waals surface area contributed by atoms with Gasteiger partial charge in [-0.15, -0.1) is 11.8 Å². The predicted octanol–water partition coefficient (Wildman–Crippen LogP) is 5.16. The van der Waals surface area contributed by atoms with Crippen LogP contribution in [0, 0.1) is 0 Å². The monoisotopic (exact) mass is 518 g/mol. The largest absolute Gasteiger partial charge is 0.339 e. The lowest BCUT2D eigenvalue weighted by molar-refractivity contribution is 0.0789. The van der Waals surface area contributed by atoms with Gasteiger partial charge in [0, 0.05) is 46.1 Å². The molecular weight excluding hydrogens is 495 g/mol. The first kappa shape index (κ1) is 24.7. The standard InChI is InChI=1S/C21H24Cl2N2O3S3/c1-29-20-7-6-17(13-18(20)21(26)25-9-2-3-10-25)31(27,28)24-8-11-30-14-15-4-5-16(22)12-19(15)23/h4-7,12-13,24H,2-3,8-11,14H2,1H3. The number of carbonyl (C=O) groups is 1. The van der Waals surface area contributed by atoms with Gasteiger partial charge in [-0.1, -0.05) is 29.3 Å². The molecule has 3 rings (SSSR count). The van der Waals surface area contributed by atoms with E-state index in [1.807, 2.05) is 12.3 Å². The van der Waals surface area contributed by atoms with Crippen LogP contribution in [0.15, 0.2) is 46.2 Å². The van der Waals surface area contributed by atoms with Crippen LogP contribution in [0.2, 0.25) is 10.0 Å². The number of hydrogen-bond donors (Lipinski definition) is 1. The fourth-order valence-corrected chi connectivity index (χ4v) is 6.44. The average molecular weight is 520 g/mol. The average Bonchev–Trinajstić information content (AvgIpc) is 3.28. The number of sulfonamides is 1. The molecule has 2 aromatic carbocycles. The van der Waals surface area contributed by atoms with Crippen LogP contribution in [-0.2, 0) is 15.8 Å². The molecular formula is C21H24Cl2N2O3S3. The second-order valence-electron chi connectivity index (χ2n) is 7.05. The molecule has 0 unspecified atom stereocenters. The summed E-state index contributed by atoms with van der Waals surface area (Å²) in [6, 6.07) is 10.1. The van der Waals surface area contributed by atoms with Crippen molar-refractivity contribution in [1.29, 1.82) is 0 Å². The number of hydrogen-bond acceptors (Lipinski definition) is 5. The Morgan fingerprint density at radius 2 is 1.87 bits per heavy atom. The molecule has 1 aliphatic rings. The predicted molar refractivity (Wildman–Crippen MR) is 131 cm³/mol. The molecule has 0 aromatic heterocycles. The topological polar surface area (TPSA) is 66.5 Å². The van der Waals surface area contributed by atoms with Gasteiger partial charge in [-0.05, 0) is 55.0 Å². The van der Waals surface area contributed by atoms with Gasteiger partial charge in [0.05, 0.1) is 10.5 Å². The number of carbonyl (C=O) groups excluding carboxylic acids is 1. The smallest absolute Gasteiger partial charge is 0.255 e.